The van der Waals surface area contributed by atoms with E-state index in [1.54, 1.807) is 6.92 Å². The fraction of sp³-hybridized carbons (Fsp3) is 0.964. The first-order chi connectivity index (χ1) is 17.8. The Morgan fingerprint density at radius 2 is 1.32 bits per heavy atom. The Bertz CT molecular complexity index is 607. The molecule has 6 atom stereocenters. The number of aliphatic hydroxyl groups is 1. The summed E-state index contributed by atoms with van der Waals surface area (Å²) in [5, 5.41) is 17.0. The topological polar surface area (TPSA) is 110 Å². The van der Waals surface area contributed by atoms with Crippen LogP contribution >= 0.6 is 8.46 Å². The zero-order valence-corrected chi connectivity index (χ0v) is 25.8. The number of hydrogen-bond acceptors (Lipinski definition) is 6. The highest BCUT2D eigenvalue weighted by Crippen LogP contribution is 2.30. The van der Waals surface area contributed by atoms with Crippen molar-refractivity contribution in [2.45, 2.75) is 160 Å². The first kappa shape index (κ1) is 36.6. The van der Waals surface area contributed by atoms with Crippen LogP contribution in [0.4, 0.5) is 0 Å². The average Bonchev–Trinajstić information content (AvgIpc) is 2.88. The van der Waals surface area contributed by atoms with E-state index in [9.17, 15) is 23.8 Å². The maximum absolute atomic E-state index is 13.3. The molecule has 7 nitrogen and oxygen atoms in total. The summed E-state index contributed by atoms with van der Waals surface area (Å²) < 4.78 is 36.4. The van der Waals surface area contributed by atoms with Crippen molar-refractivity contribution >= 4 is 25.2 Å². The molecule has 0 saturated carbocycles. The van der Waals surface area contributed by atoms with Crippen LogP contribution in [-0.2, 0) is 29.6 Å². The number of carbonyl (C=O) groups is 1. The van der Waals surface area contributed by atoms with Crippen molar-refractivity contribution in [1.29, 1.82) is 0 Å². The van der Waals surface area contributed by atoms with Crippen LogP contribution < -0.4 is 0 Å². The lowest BCUT2D eigenvalue weighted by atomic mass is 10.1. The van der Waals surface area contributed by atoms with Gasteiger partial charge in [-0.3, -0.25) is 4.21 Å². The van der Waals surface area contributed by atoms with E-state index in [4.69, 9.17) is 9.47 Å². The van der Waals surface area contributed by atoms with Gasteiger partial charge in [0.1, 0.15) is 0 Å². The van der Waals surface area contributed by atoms with Crippen LogP contribution in [0, 0.1) is 0 Å². The van der Waals surface area contributed by atoms with Crippen LogP contribution in [0.5, 0.6) is 0 Å². The standard InChI is InChI=1S/C28H55O7PS/c1-5-8-10-12-13-14-15-16-18-20-23-37(33)25(21-19-17-11-9-6-2)24(4)35-27(34-22-7-3)28(31,36-32)26(29)30/h24-25,27,31H,5-23H2,1-4H3,(H,29,30)/p+1. The number of hydrogen-bond donors (Lipinski definition) is 2. The summed E-state index contributed by atoms with van der Waals surface area (Å²) in [6.07, 6.45) is 16.6. The molecule has 220 valence electrons. The van der Waals surface area contributed by atoms with Gasteiger partial charge in [0.2, 0.25) is 6.29 Å². The number of rotatable bonds is 27. The predicted octanol–water partition coefficient (Wildman–Crippen LogP) is 7.34. The van der Waals surface area contributed by atoms with E-state index in [-0.39, 0.29) is 11.9 Å². The van der Waals surface area contributed by atoms with Gasteiger partial charge in [0.25, 0.3) is 0 Å². The van der Waals surface area contributed by atoms with Gasteiger partial charge in [-0.1, -0.05) is 115 Å². The second-order valence-corrected chi connectivity index (χ2v) is 13.0. The molecule has 0 rings (SSSR count). The van der Waals surface area contributed by atoms with Gasteiger partial charge in [-0.2, -0.15) is 0 Å². The smallest absolute Gasteiger partial charge is 0.407 e. The lowest BCUT2D eigenvalue weighted by Crippen LogP contribution is -2.50. The number of carboxylic acids is 1. The fourth-order valence-corrected chi connectivity index (χ4v) is 6.42. The largest absolute Gasteiger partial charge is 0.476 e. The number of aliphatic carboxylic acids is 1. The Morgan fingerprint density at radius 3 is 1.78 bits per heavy atom. The van der Waals surface area contributed by atoms with Crippen molar-refractivity contribution < 1.29 is 33.3 Å². The maximum Gasteiger partial charge on any atom is 0.407 e. The second kappa shape index (κ2) is 23.5. The zero-order chi connectivity index (χ0) is 27.9. The van der Waals surface area contributed by atoms with Gasteiger partial charge in [-0.05, 0) is 26.2 Å². The third-order valence-corrected chi connectivity index (χ3v) is 9.53. The van der Waals surface area contributed by atoms with Crippen molar-refractivity contribution in [3.05, 3.63) is 0 Å². The van der Waals surface area contributed by atoms with Crippen LogP contribution in [0.3, 0.4) is 0 Å². The molecular weight excluding hydrogens is 511 g/mol. The SMILES string of the molecule is CCCCCCCCCCCCS(=O)C(CCCCCCC)C(C)OC(OCCC)C(O)([PH+]=O)C(=O)O. The van der Waals surface area contributed by atoms with Crippen LogP contribution in [0.25, 0.3) is 0 Å². The molecule has 0 saturated heterocycles. The van der Waals surface area contributed by atoms with Gasteiger partial charge < -0.3 is 19.7 Å². The highest BCUT2D eigenvalue weighted by molar-refractivity contribution is 7.85. The lowest BCUT2D eigenvalue weighted by molar-refractivity contribution is -0.230. The molecule has 6 unspecified atom stereocenters. The summed E-state index contributed by atoms with van der Waals surface area (Å²) in [5.74, 6) is -1.08. The summed E-state index contributed by atoms with van der Waals surface area (Å²) in [4.78, 5) is 11.7. The van der Waals surface area contributed by atoms with Gasteiger partial charge in [-0.25, -0.2) is 4.79 Å². The van der Waals surface area contributed by atoms with Crippen LogP contribution in [0.1, 0.15) is 137 Å². The summed E-state index contributed by atoms with van der Waals surface area (Å²) in [6, 6.07) is 0. The molecule has 2 N–H and O–H groups in total. The van der Waals surface area contributed by atoms with Crippen LogP contribution in [0.15, 0.2) is 0 Å². The summed E-state index contributed by atoms with van der Waals surface area (Å²) in [5.41, 5.74) is 0. The fourth-order valence-electron chi connectivity index (χ4n) is 4.37. The van der Waals surface area contributed by atoms with E-state index >= 15 is 0 Å². The molecule has 0 aliphatic rings. The van der Waals surface area contributed by atoms with E-state index in [0.717, 1.165) is 44.9 Å². The van der Waals surface area contributed by atoms with E-state index in [2.05, 4.69) is 13.8 Å². The molecule has 0 aliphatic heterocycles. The minimum atomic E-state index is -2.66. The molecule has 0 bridgehead atoms. The number of ether oxygens (including phenoxy) is 2. The Balaban J connectivity index is 4.97. The Kier molecular flexibility index (Phi) is 23.2. The molecule has 0 aromatic carbocycles. The monoisotopic (exact) mass is 567 g/mol. The van der Waals surface area contributed by atoms with Gasteiger partial charge >= 0.3 is 19.8 Å². The van der Waals surface area contributed by atoms with E-state index < -0.39 is 43.0 Å². The normalized spacial score (nSPS) is 16.8. The van der Waals surface area contributed by atoms with E-state index in [1.165, 1.54) is 51.4 Å². The zero-order valence-electron chi connectivity index (χ0n) is 24.0. The molecule has 0 spiro atoms. The van der Waals surface area contributed by atoms with Gasteiger partial charge in [0, 0.05) is 23.2 Å². The molecule has 0 aromatic heterocycles. The summed E-state index contributed by atoms with van der Waals surface area (Å²) in [6.45, 7) is 8.15. The Hall–Kier alpha value is -0.400. The van der Waals surface area contributed by atoms with Crippen molar-refractivity contribution in [2.75, 3.05) is 12.4 Å². The third kappa shape index (κ3) is 16.3. The minimum absolute atomic E-state index is 0.154. The first-order valence-corrected chi connectivity index (χ1v) is 17.1. The highest BCUT2D eigenvalue weighted by atomic mass is 32.2. The predicted molar refractivity (Wildman–Crippen MR) is 154 cm³/mol. The lowest BCUT2D eigenvalue weighted by Gasteiger charge is -2.30. The van der Waals surface area contributed by atoms with Crippen molar-refractivity contribution in [1.82, 2.24) is 0 Å². The van der Waals surface area contributed by atoms with Gasteiger partial charge in [0.05, 0.1) is 11.4 Å². The van der Waals surface area contributed by atoms with Crippen molar-refractivity contribution in [3.8, 4) is 0 Å². The van der Waals surface area contributed by atoms with Crippen molar-refractivity contribution in [3.63, 3.8) is 0 Å². The third-order valence-electron chi connectivity index (χ3n) is 6.79. The molecular formula is C28H56O7PS+. The van der Waals surface area contributed by atoms with Crippen LogP contribution in [0.2, 0.25) is 0 Å². The van der Waals surface area contributed by atoms with Gasteiger partial charge in [0.15, 0.2) is 0 Å². The highest BCUT2D eigenvalue weighted by Gasteiger charge is 2.56. The summed E-state index contributed by atoms with van der Waals surface area (Å²) in [7, 11) is -2.71. The number of unbranched alkanes of at least 4 members (excludes halogenated alkanes) is 13. The maximum atomic E-state index is 13.3. The Labute approximate surface area is 230 Å². The molecule has 0 aliphatic carbocycles. The van der Waals surface area contributed by atoms with E-state index in [1.807, 2.05) is 6.92 Å². The van der Waals surface area contributed by atoms with Crippen LogP contribution in [-0.4, -0.2) is 55.7 Å². The molecule has 0 radical (unpaired) electrons. The molecule has 37 heavy (non-hydrogen) atoms. The quantitative estimate of drug-likeness (QED) is 0.0607. The molecule has 0 heterocycles. The molecule has 0 fully saturated rings. The summed E-state index contributed by atoms with van der Waals surface area (Å²) >= 11 is 0. The minimum Gasteiger partial charge on any atom is -0.476 e. The first-order valence-electron chi connectivity index (χ1n) is 14.8. The number of carboxylic acid groups (broad SMARTS) is 1. The van der Waals surface area contributed by atoms with Gasteiger partial charge in [-0.15, -0.1) is 0 Å². The average molecular weight is 568 g/mol. The molecule has 0 aromatic rings. The van der Waals surface area contributed by atoms with E-state index in [0.29, 0.717) is 18.6 Å². The Morgan fingerprint density at radius 1 is 0.838 bits per heavy atom. The van der Waals surface area contributed by atoms with Crippen molar-refractivity contribution in [2.24, 2.45) is 0 Å². The second-order valence-electron chi connectivity index (χ2n) is 10.2. The molecule has 9 heteroatoms. The molecule has 0 amide bonds.